The van der Waals surface area contributed by atoms with Gasteiger partial charge in [0.2, 0.25) is 0 Å². The molecule has 2 N–H and O–H groups in total. The number of carbonyl (C=O) groups excluding carboxylic acids is 1. The van der Waals surface area contributed by atoms with Crippen molar-refractivity contribution in [1.29, 1.82) is 0 Å². The lowest BCUT2D eigenvalue weighted by atomic mass is 10.0. The van der Waals surface area contributed by atoms with Gasteiger partial charge in [0.15, 0.2) is 5.65 Å². The number of nitrogens with zero attached hydrogens (tertiary/aromatic N) is 4. The molecule has 4 aromatic rings. The molecule has 0 aliphatic rings. The molecule has 0 saturated heterocycles. The fraction of sp³-hybridized carbons (Fsp3) is 0.292. The molecular formula is C24H26N6O3. The number of para-hydroxylation sites is 1. The third-order valence-corrected chi connectivity index (χ3v) is 5.41. The van der Waals surface area contributed by atoms with E-state index in [1.807, 2.05) is 51.2 Å². The second kappa shape index (κ2) is 9.23. The first-order chi connectivity index (χ1) is 15.9. The molecule has 0 bridgehead atoms. The Balaban J connectivity index is 1.83. The van der Waals surface area contributed by atoms with E-state index in [2.05, 4.69) is 20.4 Å². The zero-order valence-corrected chi connectivity index (χ0v) is 18.8. The van der Waals surface area contributed by atoms with Gasteiger partial charge in [-0.3, -0.25) is 23.8 Å². The van der Waals surface area contributed by atoms with Gasteiger partial charge in [-0.25, -0.2) is 9.78 Å². The first-order valence-electron chi connectivity index (χ1n) is 10.9. The summed E-state index contributed by atoms with van der Waals surface area (Å²) in [6.45, 7) is 6.69. The van der Waals surface area contributed by atoms with E-state index in [1.54, 1.807) is 23.0 Å². The van der Waals surface area contributed by atoms with Gasteiger partial charge in [-0.2, -0.15) is 5.10 Å². The van der Waals surface area contributed by atoms with E-state index in [4.69, 9.17) is 0 Å². The highest BCUT2D eigenvalue weighted by molar-refractivity contribution is 6.12. The summed E-state index contributed by atoms with van der Waals surface area (Å²) < 4.78 is 3.18. The molecule has 0 radical (unpaired) electrons. The summed E-state index contributed by atoms with van der Waals surface area (Å²) in [4.78, 5) is 45.6. The number of carbonyl (C=O) groups is 1. The quantitative estimate of drug-likeness (QED) is 0.453. The number of aryl methyl sites for hydroxylation is 1. The van der Waals surface area contributed by atoms with Crippen LogP contribution in [0.1, 0.15) is 54.7 Å². The van der Waals surface area contributed by atoms with Crippen molar-refractivity contribution in [2.45, 2.75) is 46.2 Å². The number of hydrogen-bond acceptors (Lipinski definition) is 5. The van der Waals surface area contributed by atoms with Crippen LogP contribution < -0.4 is 16.6 Å². The molecule has 0 saturated carbocycles. The summed E-state index contributed by atoms with van der Waals surface area (Å²) in [6.07, 6.45) is 4.22. The Morgan fingerprint density at radius 1 is 1.18 bits per heavy atom. The number of H-pyrrole nitrogens is 1. The maximum Gasteiger partial charge on any atom is 0.329 e. The lowest BCUT2D eigenvalue weighted by molar-refractivity contribution is 0.102. The van der Waals surface area contributed by atoms with Crippen molar-refractivity contribution < 1.29 is 4.79 Å². The zero-order valence-electron chi connectivity index (χ0n) is 18.8. The van der Waals surface area contributed by atoms with Crippen LogP contribution in [-0.2, 0) is 13.1 Å². The van der Waals surface area contributed by atoms with Crippen LogP contribution in [0.3, 0.4) is 0 Å². The minimum atomic E-state index is -0.625. The Morgan fingerprint density at radius 2 is 1.97 bits per heavy atom. The summed E-state index contributed by atoms with van der Waals surface area (Å²) in [7, 11) is 0. The normalized spacial score (nSPS) is 11.3. The number of aromatic nitrogens is 5. The Morgan fingerprint density at radius 3 is 2.67 bits per heavy atom. The van der Waals surface area contributed by atoms with Crippen molar-refractivity contribution in [2.24, 2.45) is 0 Å². The predicted molar refractivity (Wildman–Crippen MR) is 127 cm³/mol. The SMILES string of the molecule is CCCn1c(=O)[nH]c(=O)c2c(C(=O)Nc3ccccc3Cn3cccn3)cc(C(C)C)nc21. The van der Waals surface area contributed by atoms with E-state index >= 15 is 0 Å². The van der Waals surface area contributed by atoms with Crippen molar-refractivity contribution in [3.05, 3.63) is 86.5 Å². The number of pyridine rings is 1. The number of fused-ring (bicyclic) bond motifs is 1. The fourth-order valence-corrected chi connectivity index (χ4v) is 3.74. The smallest absolute Gasteiger partial charge is 0.322 e. The molecule has 9 heteroatoms. The minimum Gasteiger partial charge on any atom is -0.322 e. The lowest BCUT2D eigenvalue weighted by Gasteiger charge is -2.15. The van der Waals surface area contributed by atoms with Gasteiger partial charge < -0.3 is 5.32 Å². The molecule has 4 rings (SSSR count). The predicted octanol–water partition coefficient (Wildman–Crippen LogP) is 3.12. The van der Waals surface area contributed by atoms with E-state index in [0.29, 0.717) is 30.9 Å². The molecule has 9 nitrogen and oxygen atoms in total. The van der Waals surface area contributed by atoms with Crippen molar-refractivity contribution in [3.8, 4) is 0 Å². The molecule has 1 aromatic carbocycles. The summed E-state index contributed by atoms with van der Waals surface area (Å²) in [5.41, 5.74) is 1.38. The van der Waals surface area contributed by atoms with Gasteiger partial charge in [-0.05, 0) is 36.1 Å². The standard InChI is InChI=1S/C24H26N6O3/c1-4-11-30-21-20(23(32)28-24(30)33)17(13-19(26-21)15(2)3)22(31)27-18-9-6-5-8-16(18)14-29-12-7-10-25-29/h5-10,12-13,15H,4,11,14H2,1-3H3,(H,27,31)(H,28,32,33). The van der Waals surface area contributed by atoms with Gasteiger partial charge in [-0.15, -0.1) is 0 Å². The third kappa shape index (κ3) is 4.48. The molecule has 0 aliphatic carbocycles. The number of hydrogen-bond donors (Lipinski definition) is 2. The average molecular weight is 447 g/mol. The Kier molecular flexibility index (Phi) is 6.21. The molecule has 3 aromatic heterocycles. The second-order valence-electron chi connectivity index (χ2n) is 8.17. The molecule has 1 amide bonds. The van der Waals surface area contributed by atoms with Crippen LogP contribution in [0, 0.1) is 0 Å². The number of rotatable bonds is 7. The molecule has 0 unspecified atom stereocenters. The topological polar surface area (TPSA) is 115 Å². The van der Waals surface area contributed by atoms with Gasteiger partial charge in [0.05, 0.1) is 17.5 Å². The zero-order chi connectivity index (χ0) is 23.5. The molecule has 0 spiro atoms. The first-order valence-corrected chi connectivity index (χ1v) is 10.9. The number of aromatic amines is 1. The number of anilines is 1. The largest absolute Gasteiger partial charge is 0.329 e. The van der Waals surface area contributed by atoms with Crippen molar-refractivity contribution in [3.63, 3.8) is 0 Å². The van der Waals surface area contributed by atoms with Gasteiger partial charge >= 0.3 is 5.69 Å². The van der Waals surface area contributed by atoms with Crippen molar-refractivity contribution >= 4 is 22.6 Å². The summed E-state index contributed by atoms with van der Waals surface area (Å²) >= 11 is 0. The van der Waals surface area contributed by atoms with Gasteiger partial charge in [0.25, 0.3) is 11.5 Å². The number of amides is 1. The van der Waals surface area contributed by atoms with Gasteiger partial charge in [0, 0.05) is 30.3 Å². The van der Waals surface area contributed by atoms with E-state index in [0.717, 1.165) is 5.56 Å². The van der Waals surface area contributed by atoms with Gasteiger partial charge in [0.1, 0.15) is 0 Å². The molecule has 0 aliphatic heterocycles. The van der Waals surface area contributed by atoms with Crippen LogP contribution >= 0.6 is 0 Å². The van der Waals surface area contributed by atoms with Crippen LogP contribution in [0.15, 0.2) is 58.4 Å². The Labute approximate surface area is 190 Å². The number of benzene rings is 1. The molecule has 0 atom stereocenters. The van der Waals surface area contributed by atoms with E-state index < -0.39 is 17.2 Å². The van der Waals surface area contributed by atoms with Crippen LogP contribution in [0.4, 0.5) is 5.69 Å². The third-order valence-electron chi connectivity index (χ3n) is 5.41. The van der Waals surface area contributed by atoms with E-state index in [1.165, 1.54) is 4.57 Å². The lowest BCUT2D eigenvalue weighted by Crippen LogP contribution is -2.32. The molecule has 33 heavy (non-hydrogen) atoms. The monoisotopic (exact) mass is 446 g/mol. The maximum atomic E-state index is 13.5. The average Bonchev–Trinajstić information content (AvgIpc) is 3.30. The summed E-state index contributed by atoms with van der Waals surface area (Å²) in [6, 6.07) is 10.9. The molecule has 170 valence electrons. The second-order valence-corrected chi connectivity index (χ2v) is 8.17. The van der Waals surface area contributed by atoms with Crippen molar-refractivity contribution in [2.75, 3.05) is 5.32 Å². The minimum absolute atomic E-state index is 0.00230. The first kappa shape index (κ1) is 22.2. The summed E-state index contributed by atoms with van der Waals surface area (Å²) in [5, 5.41) is 7.28. The molecule has 3 heterocycles. The fourth-order valence-electron chi connectivity index (χ4n) is 3.74. The van der Waals surface area contributed by atoms with Crippen LogP contribution in [-0.4, -0.2) is 30.2 Å². The van der Waals surface area contributed by atoms with E-state index in [-0.39, 0.29) is 22.5 Å². The van der Waals surface area contributed by atoms with E-state index in [9.17, 15) is 14.4 Å². The summed E-state index contributed by atoms with van der Waals surface area (Å²) in [5.74, 6) is -0.443. The highest BCUT2D eigenvalue weighted by atomic mass is 16.2. The molecular weight excluding hydrogens is 420 g/mol. The van der Waals surface area contributed by atoms with Crippen LogP contribution in [0.25, 0.3) is 11.0 Å². The van der Waals surface area contributed by atoms with Crippen LogP contribution in [0.5, 0.6) is 0 Å². The Hall–Kier alpha value is -4.01. The highest BCUT2D eigenvalue weighted by Gasteiger charge is 2.21. The number of nitrogens with one attached hydrogen (secondary N) is 2. The molecule has 0 fully saturated rings. The maximum absolute atomic E-state index is 13.5. The van der Waals surface area contributed by atoms with Gasteiger partial charge in [-0.1, -0.05) is 39.0 Å². The Bertz CT molecular complexity index is 1420. The van der Waals surface area contributed by atoms with Crippen molar-refractivity contribution in [1.82, 2.24) is 24.3 Å². The highest BCUT2D eigenvalue weighted by Crippen LogP contribution is 2.22. The van der Waals surface area contributed by atoms with Crippen LogP contribution in [0.2, 0.25) is 0 Å².